The standard InChI is InChI=1S/C25H21Cl2NO5/c1-3-32-24(30)22(25(31)33-4-2)23(29)17-13-20(15-5-9-18(26)10-6-15)28-21(14-17)16-7-11-19(27)12-8-16/h5-14,22H,3-4H2,1-2H3. The van der Waals surface area contributed by atoms with E-state index in [1.807, 2.05) is 0 Å². The molecule has 0 saturated heterocycles. The summed E-state index contributed by atoms with van der Waals surface area (Å²) in [4.78, 5) is 43.0. The molecule has 0 aliphatic rings. The maximum absolute atomic E-state index is 13.4. The Bertz CT molecular complexity index is 1080. The Hall–Kier alpha value is -3.22. The zero-order valence-electron chi connectivity index (χ0n) is 18.0. The van der Waals surface area contributed by atoms with Gasteiger partial charge in [-0.25, -0.2) is 4.98 Å². The van der Waals surface area contributed by atoms with Gasteiger partial charge in [-0.2, -0.15) is 0 Å². The quantitative estimate of drug-likeness (QED) is 0.233. The van der Waals surface area contributed by atoms with E-state index in [1.54, 1.807) is 62.4 Å². The van der Waals surface area contributed by atoms with Crippen LogP contribution in [-0.4, -0.2) is 35.9 Å². The molecule has 2 aromatic carbocycles. The number of benzene rings is 2. The van der Waals surface area contributed by atoms with Crippen molar-refractivity contribution >= 4 is 40.9 Å². The van der Waals surface area contributed by atoms with Gasteiger partial charge in [0.2, 0.25) is 5.92 Å². The number of pyridine rings is 1. The predicted molar refractivity (Wildman–Crippen MR) is 126 cm³/mol. The number of ether oxygens (including phenoxy) is 2. The number of carbonyl (C=O) groups is 3. The van der Waals surface area contributed by atoms with Crippen molar-refractivity contribution in [1.29, 1.82) is 0 Å². The van der Waals surface area contributed by atoms with Gasteiger partial charge in [0, 0.05) is 26.7 Å². The van der Waals surface area contributed by atoms with Crippen molar-refractivity contribution in [2.24, 2.45) is 5.92 Å². The number of nitrogens with zero attached hydrogens (tertiary/aromatic N) is 1. The monoisotopic (exact) mass is 485 g/mol. The molecule has 1 heterocycles. The van der Waals surface area contributed by atoms with Crippen LogP contribution in [0.3, 0.4) is 0 Å². The van der Waals surface area contributed by atoms with E-state index in [-0.39, 0.29) is 18.8 Å². The molecule has 3 rings (SSSR count). The van der Waals surface area contributed by atoms with E-state index in [0.717, 1.165) is 0 Å². The number of ketones is 1. The number of aromatic nitrogens is 1. The summed E-state index contributed by atoms with van der Waals surface area (Å²) in [6.45, 7) is 3.22. The summed E-state index contributed by atoms with van der Waals surface area (Å²) in [5.74, 6) is -4.39. The van der Waals surface area contributed by atoms with Gasteiger partial charge in [0.1, 0.15) is 0 Å². The van der Waals surface area contributed by atoms with Gasteiger partial charge in [-0.15, -0.1) is 0 Å². The van der Waals surface area contributed by atoms with Gasteiger partial charge in [-0.05, 0) is 50.2 Å². The van der Waals surface area contributed by atoms with Crippen LogP contribution in [-0.2, 0) is 19.1 Å². The molecular weight excluding hydrogens is 465 g/mol. The minimum absolute atomic E-state index is 0.0183. The Labute approximate surface area is 201 Å². The third-order valence-corrected chi connectivity index (χ3v) is 5.20. The first-order valence-corrected chi connectivity index (χ1v) is 11.0. The number of halogens is 2. The molecule has 0 fully saturated rings. The Kier molecular flexibility index (Phi) is 8.20. The molecular formula is C25H21Cl2NO5. The molecule has 0 saturated carbocycles. The summed E-state index contributed by atoms with van der Waals surface area (Å²) in [5, 5.41) is 1.10. The molecule has 0 N–H and O–H groups in total. The molecule has 0 bridgehead atoms. The second-order valence-electron chi connectivity index (χ2n) is 6.94. The third kappa shape index (κ3) is 5.97. The van der Waals surface area contributed by atoms with Gasteiger partial charge in [0.15, 0.2) is 5.78 Å². The second-order valence-corrected chi connectivity index (χ2v) is 7.81. The van der Waals surface area contributed by atoms with Gasteiger partial charge in [0.05, 0.1) is 24.6 Å². The van der Waals surface area contributed by atoms with E-state index in [0.29, 0.717) is 32.6 Å². The zero-order chi connectivity index (χ0) is 24.0. The molecule has 3 aromatic rings. The molecule has 0 amide bonds. The molecule has 8 heteroatoms. The maximum atomic E-state index is 13.4. The van der Waals surface area contributed by atoms with Crippen molar-refractivity contribution < 1.29 is 23.9 Å². The summed E-state index contributed by atoms with van der Waals surface area (Å²) in [6.07, 6.45) is 0. The highest BCUT2D eigenvalue weighted by atomic mass is 35.5. The van der Waals surface area contributed by atoms with E-state index in [9.17, 15) is 14.4 Å². The first kappa shape index (κ1) is 24.4. The van der Waals surface area contributed by atoms with Crippen LogP contribution in [0.1, 0.15) is 24.2 Å². The summed E-state index contributed by atoms with van der Waals surface area (Å²) >= 11 is 12.0. The van der Waals surface area contributed by atoms with Gasteiger partial charge < -0.3 is 9.47 Å². The fourth-order valence-electron chi connectivity index (χ4n) is 3.14. The fraction of sp³-hybridized carbons (Fsp3) is 0.200. The third-order valence-electron chi connectivity index (χ3n) is 4.70. The highest BCUT2D eigenvalue weighted by molar-refractivity contribution is 6.31. The average Bonchev–Trinajstić information content (AvgIpc) is 2.80. The van der Waals surface area contributed by atoms with Gasteiger partial charge in [-0.1, -0.05) is 47.5 Å². The lowest BCUT2D eigenvalue weighted by atomic mass is 9.95. The second kappa shape index (κ2) is 11.1. The largest absolute Gasteiger partial charge is 0.465 e. The van der Waals surface area contributed by atoms with Crippen molar-refractivity contribution in [1.82, 2.24) is 4.98 Å². The number of rotatable bonds is 8. The van der Waals surface area contributed by atoms with E-state index >= 15 is 0 Å². The van der Waals surface area contributed by atoms with Crippen LogP contribution in [0.25, 0.3) is 22.5 Å². The Morgan fingerprint density at radius 3 is 1.52 bits per heavy atom. The lowest BCUT2D eigenvalue weighted by Crippen LogP contribution is -2.35. The van der Waals surface area contributed by atoms with Crippen molar-refractivity contribution in [2.75, 3.05) is 13.2 Å². The summed E-state index contributed by atoms with van der Waals surface area (Å²) in [5.41, 5.74) is 2.45. The lowest BCUT2D eigenvalue weighted by molar-refractivity contribution is -0.158. The van der Waals surface area contributed by atoms with Gasteiger partial charge in [0.25, 0.3) is 0 Å². The lowest BCUT2D eigenvalue weighted by Gasteiger charge is -2.15. The Morgan fingerprint density at radius 2 is 1.15 bits per heavy atom. The molecule has 0 atom stereocenters. The van der Waals surface area contributed by atoms with Gasteiger partial charge >= 0.3 is 11.9 Å². The molecule has 0 aliphatic heterocycles. The SMILES string of the molecule is CCOC(=O)C(C(=O)OCC)C(=O)c1cc(-c2ccc(Cl)cc2)nc(-c2ccc(Cl)cc2)c1. The number of Topliss-reactive ketones (excluding diaryl/α,β-unsaturated/α-hetero) is 1. The smallest absolute Gasteiger partial charge is 0.328 e. The molecule has 33 heavy (non-hydrogen) atoms. The summed E-state index contributed by atoms with van der Waals surface area (Å²) in [6, 6.07) is 16.9. The van der Waals surface area contributed by atoms with E-state index < -0.39 is 23.6 Å². The Morgan fingerprint density at radius 1 is 0.758 bits per heavy atom. The molecule has 0 unspecified atom stereocenters. The van der Waals surface area contributed by atoms with Crippen molar-refractivity contribution in [2.45, 2.75) is 13.8 Å². The topological polar surface area (TPSA) is 82.6 Å². The molecule has 0 aliphatic carbocycles. The van der Waals surface area contributed by atoms with Crippen LogP contribution in [0.2, 0.25) is 10.0 Å². The first-order valence-electron chi connectivity index (χ1n) is 10.3. The number of esters is 2. The highest BCUT2D eigenvalue weighted by Crippen LogP contribution is 2.28. The average molecular weight is 486 g/mol. The number of hydrogen-bond acceptors (Lipinski definition) is 6. The van der Waals surface area contributed by atoms with Crippen molar-refractivity contribution in [3.8, 4) is 22.5 Å². The van der Waals surface area contributed by atoms with E-state index in [2.05, 4.69) is 4.98 Å². The van der Waals surface area contributed by atoms with Crippen LogP contribution in [0.15, 0.2) is 60.7 Å². The van der Waals surface area contributed by atoms with Crippen LogP contribution in [0, 0.1) is 5.92 Å². The predicted octanol–water partition coefficient (Wildman–Crippen LogP) is 5.65. The highest BCUT2D eigenvalue weighted by Gasteiger charge is 2.38. The van der Waals surface area contributed by atoms with Crippen LogP contribution in [0.5, 0.6) is 0 Å². The van der Waals surface area contributed by atoms with Crippen molar-refractivity contribution in [3.05, 3.63) is 76.3 Å². The van der Waals surface area contributed by atoms with Crippen LogP contribution < -0.4 is 0 Å². The van der Waals surface area contributed by atoms with E-state index in [1.165, 1.54) is 12.1 Å². The molecule has 6 nitrogen and oxygen atoms in total. The molecule has 0 radical (unpaired) electrons. The van der Waals surface area contributed by atoms with E-state index in [4.69, 9.17) is 32.7 Å². The summed E-state index contributed by atoms with van der Waals surface area (Å²) in [7, 11) is 0. The maximum Gasteiger partial charge on any atom is 0.328 e. The number of carbonyl (C=O) groups excluding carboxylic acids is 3. The minimum Gasteiger partial charge on any atom is -0.465 e. The number of hydrogen-bond donors (Lipinski definition) is 0. The van der Waals surface area contributed by atoms with Crippen LogP contribution in [0.4, 0.5) is 0 Å². The minimum atomic E-state index is -1.73. The first-order chi connectivity index (χ1) is 15.8. The fourth-order valence-corrected chi connectivity index (χ4v) is 3.39. The van der Waals surface area contributed by atoms with Crippen LogP contribution >= 0.6 is 23.2 Å². The molecule has 1 aromatic heterocycles. The zero-order valence-corrected chi connectivity index (χ0v) is 19.5. The summed E-state index contributed by atoms with van der Waals surface area (Å²) < 4.78 is 9.93. The molecule has 0 spiro atoms. The normalized spacial score (nSPS) is 10.7. The van der Waals surface area contributed by atoms with Gasteiger partial charge in [-0.3, -0.25) is 14.4 Å². The Balaban J connectivity index is 2.14. The van der Waals surface area contributed by atoms with Crippen molar-refractivity contribution in [3.63, 3.8) is 0 Å². The molecule has 170 valence electrons.